The molecular formula is C13H19N3O5. The van der Waals surface area contributed by atoms with Crippen LogP contribution < -0.4 is 16.6 Å². The number of carbonyl (C=O) groups excluding carboxylic acids is 1. The number of nitrogens with zero attached hydrogens (tertiary/aromatic N) is 2. The Bertz CT molecular complexity index is 644. The summed E-state index contributed by atoms with van der Waals surface area (Å²) < 4.78 is 2.05. The first kappa shape index (κ1) is 16.7. The zero-order valence-corrected chi connectivity index (χ0v) is 12.1. The summed E-state index contributed by atoms with van der Waals surface area (Å²) in [4.78, 5) is 45.5. The van der Waals surface area contributed by atoms with Gasteiger partial charge in [-0.1, -0.05) is 6.42 Å². The third-order valence-corrected chi connectivity index (χ3v) is 3.04. The van der Waals surface area contributed by atoms with Crippen molar-refractivity contribution in [1.29, 1.82) is 0 Å². The first-order chi connectivity index (χ1) is 9.84. The highest BCUT2D eigenvalue weighted by Gasteiger charge is 2.13. The molecule has 0 bridgehead atoms. The van der Waals surface area contributed by atoms with E-state index in [9.17, 15) is 19.2 Å². The first-order valence-electron chi connectivity index (χ1n) is 6.61. The van der Waals surface area contributed by atoms with Crippen LogP contribution in [0.15, 0.2) is 15.8 Å². The molecule has 1 amide bonds. The lowest BCUT2D eigenvalue weighted by Gasteiger charge is -2.07. The van der Waals surface area contributed by atoms with Gasteiger partial charge in [-0.15, -0.1) is 0 Å². The van der Waals surface area contributed by atoms with Gasteiger partial charge in [0.15, 0.2) is 0 Å². The largest absolute Gasteiger partial charge is 0.481 e. The molecule has 0 aliphatic rings. The number of carbonyl (C=O) groups is 2. The highest BCUT2D eigenvalue weighted by molar-refractivity contribution is 5.93. The van der Waals surface area contributed by atoms with E-state index in [1.165, 1.54) is 24.9 Å². The van der Waals surface area contributed by atoms with Gasteiger partial charge < -0.3 is 15.0 Å². The standard InChI is InChI=1S/C13H19N3O5/c1-15-8-9(12(20)16(2)13(15)21)11(19)14-7-5-3-4-6-10(17)18/h8H,3-7H2,1-2H3,(H,14,19)(H,17,18). The zero-order chi connectivity index (χ0) is 16.0. The molecule has 0 spiro atoms. The second-order valence-electron chi connectivity index (χ2n) is 4.76. The molecule has 21 heavy (non-hydrogen) atoms. The summed E-state index contributed by atoms with van der Waals surface area (Å²) in [6.45, 7) is 0.352. The highest BCUT2D eigenvalue weighted by atomic mass is 16.4. The highest BCUT2D eigenvalue weighted by Crippen LogP contribution is 1.99. The summed E-state index contributed by atoms with van der Waals surface area (Å²) in [5, 5.41) is 11.1. The second kappa shape index (κ2) is 7.41. The minimum absolute atomic E-state index is 0.0925. The van der Waals surface area contributed by atoms with Crippen LogP contribution in [0.5, 0.6) is 0 Å². The summed E-state index contributed by atoms with van der Waals surface area (Å²) >= 11 is 0. The van der Waals surface area contributed by atoms with Gasteiger partial charge in [0, 0.05) is 33.3 Å². The van der Waals surface area contributed by atoms with E-state index in [2.05, 4.69) is 5.32 Å². The molecule has 0 atom stereocenters. The van der Waals surface area contributed by atoms with Crippen LogP contribution >= 0.6 is 0 Å². The summed E-state index contributed by atoms with van der Waals surface area (Å²) in [6.07, 6.45) is 3.18. The lowest BCUT2D eigenvalue weighted by atomic mass is 10.2. The Balaban J connectivity index is 2.56. The smallest absolute Gasteiger partial charge is 0.330 e. The fraction of sp³-hybridized carbons (Fsp3) is 0.538. The van der Waals surface area contributed by atoms with Crippen molar-refractivity contribution in [3.05, 3.63) is 32.6 Å². The molecule has 116 valence electrons. The van der Waals surface area contributed by atoms with E-state index < -0.39 is 23.1 Å². The van der Waals surface area contributed by atoms with Crippen molar-refractivity contribution in [3.63, 3.8) is 0 Å². The molecule has 0 fully saturated rings. The Kier molecular flexibility index (Phi) is 5.89. The fourth-order valence-electron chi connectivity index (χ4n) is 1.84. The molecule has 0 radical (unpaired) electrons. The van der Waals surface area contributed by atoms with Crippen LogP contribution in [0.2, 0.25) is 0 Å². The predicted molar refractivity (Wildman–Crippen MR) is 75.4 cm³/mol. The average Bonchev–Trinajstić information content (AvgIpc) is 2.43. The summed E-state index contributed by atoms with van der Waals surface area (Å²) in [5.41, 5.74) is -1.23. The quantitative estimate of drug-likeness (QED) is 0.657. The number of nitrogens with one attached hydrogen (secondary N) is 1. The zero-order valence-electron chi connectivity index (χ0n) is 12.1. The maximum atomic E-state index is 11.9. The van der Waals surface area contributed by atoms with Gasteiger partial charge in [-0.3, -0.25) is 19.0 Å². The number of hydrogen-bond donors (Lipinski definition) is 2. The molecule has 1 aromatic heterocycles. The van der Waals surface area contributed by atoms with Crippen molar-refractivity contribution in [3.8, 4) is 0 Å². The summed E-state index contributed by atoms with van der Waals surface area (Å²) in [6, 6.07) is 0. The Morgan fingerprint density at radius 3 is 2.48 bits per heavy atom. The number of hydrogen-bond acceptors (Lipinski definition) is 4. The lowest BCUT2D eigenvalue weighted by Crippen LogP contribution is -2.42. The number of carboxylic acids is 1. The molecule has 1 rings (SSSR count). The third kappa shape index (κ3) is 4.59. The topological polar surface area (TPSA) is 110 Å². The fourth-order valence-corrected chi connectivity index (χ4v) is 1.84. The Hall–Kier alpha value is -2.38. The van der Waals surface area contributed by atoms with Crippen LogP contribution in [0.1, 0.15) is 36.0 Å². The maximum Gasteiger partial charge on any atom is 0.330 e. The van der Waals surface area contributed by atoms with Crippen LogP contribution in [-0.4, -0.2) is 32.7 Å². The number of amides is 1. The average molecular weight is 297 g/mol. The van der Waals surface area contributed by atoms with Crippen LogP contribution in [0, 0.1) is 0 Å². The van der Waals surface area contributed by atoms with E-state index in [1.54, 1.807) is 0 Å². The predicted octanol–water partition coefficient (Wildman–Crippen LogP) is -0.541. The van der Waals surface area contributed by atoms with Crippen molar-refractivity contribution in [2.75, 3.05) is 6.54 Å². The SMILES string of the molecule is Cn1cc(C(=O)NCCCCCC(=O)O)c(=O)n(C)c1=O. The van der Waals surface area contributed by atoms with E-state index in [1.807, 2.05) is 0 Å². The molecule has 0 aliphatic carbocycles. The van der Waals surface area contributed by atoms with Crippen molar-refractivity contribution in [2.24, 2.45) is 14.1 Å². The molecule has 1 aromatic rings. The van der Waals surface area contributed by atoms with E-state index in [-0.39, 0.29) is 12.0 Å². The molecule has 8 nitrogen and oxygen atoms in total. The van der Waals surface area contributed by atoms with E-state index in [0.29, 0.717) is 25.8 Å². The molecule has 0 saturated heterocycles. The first-order valence-corrected chi connectivity index (χ1v) is 6.61. The van der Waals surface area contributed by atoms with E-state index in [0.717, 1.165) is 4.57 Å². The van der Waals surface area contributed by atoms with Crippen molar-refractivity contribution >= 4 is 11.9 Å². The normalized spacial score (nSPS) is 10.4. The molecule has 0 aromatic carbocycles. The van der Waals surface area contributed by atoms with Gasteiger partial charge in [0.25, 0.3) is 11.5 Å². The number of unbranched alkanes of at least 4 members (excludes halogenated alkanes) is 2. The van der Waals surface area contributed by atoms with Crippen LogP contribution in [0.4, 0.5) is 0 Å². The molecular weight excluding hydrogens is 278 g/mol. The lowest BCUT2D eigenvalue weighted by molar-refractivity contribution is -0.137. The number of aryl methyl sites for hydroxylation is 1. The molecule has 0 unspecified atom stereocenters. The molecule has 0 aliphatic heterocycles. The Labute approximate surface area is 121 Å². The second-order valence-corrected chi connectivity index (χ2v) is 4.76. The maximum absolute atomic E-state index is 11.9. The monoisotopic (exact) mass is 297 g/mol. The molecule has 8 heteroatoms. The van der Waals surface area contributed by atoms with Gasteiger partial charge in [0.05, 0.1) is 0 Å². The minimum atomic E-state index is -0.840. The minimum Gasteiger partial charge on any atom is -0.481 e. The van der Waals surface area contributed by atoms with Gasteiger partial charge in [0.1, 0.15) is 5.56 Å². The van der Waals surface area contributed by atoms with E-state index >= 15 is 0 Å². The number of carboxylic acid groups (broad SMARTS) is 1. The van der Waals surface area contributed by atoms with Gasteiger partial charge >= 0.3 is 11.7 Å². The van der Waals surface area contributed by atoms with Gasteiger partial charge in [0.2, 0.25) is 0 Å². The molecule has 2 N–H and O–H groups in total. The van der Waals surface area contributed by atoms with Gasteiger partial charge in [-0.25, -0.2) is 4.79 Å². The summed E-state index contributed by atoms with van der Waals surface area (Å²) in [7, 11) is 2.78. The van der Waals surface area contributed by atoms with Crippen molar-refractivity contribution < 1.29 is 14.7 Å². The van der Waals surface area contributed by atoms with Crippen molar-refractivity contribution in [1.82, 2.24) is 14.5 Å². The van der Waals surface area contributed by atoms with Gasteiger partial charge in [-0.2, -0.15) is 0 Å². The van der Waals surface area contributed by atoms with Crippen LogP contribution in [-0.2, 0) is 18.9 Å². The van der Waals surface area contributed by atoms with Crippen LogP contribution in [0.25, 0.3) is 0 Å². The third-order valence-electron chi connectivity index (χ3n) is 3.04. The van der Waals surface area contributed by atoms with Crippen molar-refractivity contribution in [2.45, 2.75) is 25.7 Å². The molecule has 1 heterocycles. The number of aromatic nitrogens is 2. The molecule has 0 saturated carbocycles. The summed E-state index contributed by atoms with van der Waals surface area (Å²) in [5.74, 6) is -1.38. The van der Waals surface area contributed by atoms with Crippen LogP contribution in [0.3, 0.4) is 0 Å². The number of aliphatic carboxylic acids is 1. The Morgan fingerprint density at radius 1 is 1.19 bits per heavy atom. The van der Waals surface area contributed by atoms with E-state index in [4.69, 9.17) is 5.11 Å². The Morgan fingerprint density at radius 2 is 1.86 bits per heavy atom. The van der Waals surface area contributed by atoms with Gasteiger partial charge in [-0.05, 0) is 12.8 Å². The number of rotatable bonds is 7.